The molecule has 0 bridgehead atoms. The minimum atomic E-state index is 0.255. The van der Waals surface area contributed by atoms with Crippen LogP contribution in [0.5, 0.6) is 5.75 Å². The molecule has 0 aromatic heterocycles. The molecule has 1 heterocycles. The fourth-order valence-electron chi connectivity index (χ4n) is 2.48. The standard InChI is InChI=1S/C15H23NO2S/c1-4-16-15(14-10-19-8-7-18-14)13-6-5-12(17-3)9-11(13)2/h5-6,9,14-16H,4,7-8,10H2,1-3H3. The largest absolute Gasteiger partial charge is 0.497 e. The molecule has 1 aliphatic heterocycles. The van der Waals surface area contributed by atoms with Gasteiger partial charge in [-0.05, 0) is 36.7 Å². The van der Waals surface area contributed by atoms with Crippen LogP contribution in [0.15, 0.2) is 18.2 Å². The third-order valence-corrected chi connectivity index (χ3v) is 4.47. The van der Waals surface area contributed by atoms with Gasteiger partial charge in [-0.3, -0.25) is 0 Å². The molecule has 1 fully saturated rings. The lowest BCUT2D eigenvalue weighted by molar-refractivity contribution is 0.0470. The first-order valence-corrected chi connectivity index (χ1v) is 7.99. The summed E-state index contributed by atoms with van der Waals surface area (Å²) in [5, 5.41) is 3.57. The van der Waals surface area contributed by atoms with Crippen LogP contribution in [0.25, 0.3) is 0 Å². The SMILES string of the molecule is CCNC(c1ccc(OC)cc1C)C1CSCCO1. The fraction of sp³-hybridized carbons (Fsp3) is 0.600. The van der Waals surface area contributed by atoms with Gasteiger partial charge in [0.2, 0.25) is 0 Å². The molecule has 4 heteroatoms. The van der Waals surface area contributed by atoms with Crippen LogP contribution < -0.4 is 10.1 Å². The monoisotopic (exact) mass is 281 g/mol. The summed E-state index contributed by atoms with van der Waals surface area (Å²) in [6, 6.07) is 6.55. The highest BCUT2D eigenvalue weighted by molar-refractivity contribution is 7.99. The molecule has 1 aromatic rings. The average molecular weight is 281 g/mol. The van der Waals surface area contributed by atoms with Crippen molar-refractivity contribution in [3.63, 3.8) is 0 Å². The van der Waals surface area contributed by atoms with Gasteiger partial charge in [-0.1, -0.05) is 13.0 Å². The Bertz CT molecular complexity index is 405. The van der Waals surface area contributed by atoms with Crippen LogP contribution in [0.2, 0.25) is 0 Å². The van der Waals surface area contributed by atoms with Crippen molar-refractivity contribution < 1.29 is 9.47 Å². The van der Waals surface area contributed by atoms with Gasteiger partial charge in [-0.15, -0.1) is 0 Å². The van der Waals surface area contributed by atoms with Gasteiger partial charge >= 0.3 is 0 Å². The third-order valence-electron chi connectivity index (χ3n) is 3.45. The Morgan fingerprint density at radius 1 is 1.53 bits per heavy atom. The molecule has 1 N–H and O–H groups in total. The van der Waals surface area contributed by atoms with Gasteiger partial charge in [-0.25, -0.2) is 0 Å². The lowest BCUT2D eigenvalue weighted by atomic mass is 9.97. The van der Waals surface area contributed by atoms with E-state index >= 15 is 0 Å². The second-order valence-corrected chi connectivity index (χ2v) is 5.89. The molecule has 19 heavy (non-hydrogen) atoms. The van der Waals surface area contributed by atoms with Gasteiger partial charge < -0.3 is 14.8 Å². The summed E-state index contributed by atoms with van der Waals surface area (Å²) in [5.74, 6) is 3.08. The molecule has 0 radical (unpaired) electrons. The summed E-state index contributed by atoms with van der Waals surface area (Å²) in [6.07, 6.45) is 0.255. The van der Waals surface area contributed by atoms with Crippen LogP contribution in [0.4, 0.5) is 0 Å². The highest BCUT2D eigenvalue weighted by Gasteiger charge is 2.26. The number of rotatable bonds is 5. The molecule has 0 aliphatic carbocycles. The maximum absolute atomic E-state index is 5.94. The van der Waals surface area contributed by atoms with E-state index in [1.807, 2.05) is 17.8 Å². The number of nitrogens with one attached hydrogen (secondary N) is 1. The number of ether oxygens (including phenoxy) is 2. The zero-order valence-electron chi connectivity index (χ0n) is 11.9. The molecule has 3 nitrogen and oxygen atoms in total. The van der Waals surface area contributed by atoms with Crippen molar-refractivity contribution in [1.29, 1.82) is 0 Å². The van der Waals surface area contributed by atoms with Crippen molar-refractivity contribution >= 4 is 11.8 Å². The number of thioether (sulfide) groups is 1. The van der Waals surface area contributed by atoms with Crippen LogP contribution in [-0.4, -0.2) is 37.9 Å². The molecule has 1 aromatic carbocycles. The molecular formula is C15H23NO2S. The lowest BCUT2D eigenvalue weighted by Gasteiger charge is -2.32. The van der Waals surface area contributed by atoms with E-state index in [9.17, 15) is 0 Å². The number of methoxy groups -OCH3 is 1. The molecule has 0 amide bonds. The van der Waals surface area contributed by atoms with E-state index in [0.29, 0.717) is 0 Å². The molecule has 1 aliphatic rings. The number of hydrogen-bond donors (Lipinski definition) is 1. The van der Waals surface area contributed by atoms with Crippen molar-refractivity contribution in [2.45, 2.75) is 26.0 Å². The van der Waals surface area contributed by atoms with Gasteiger partial charge in [0.1, 0.15) is 5.75 Å². The summed E-state index contributed by atoms with van der Waals surface area (Å²) in [5.41, 5.74) is 2.57. The zero-order valence-corrected chi connectivity index (χ0v) is 12.8. The van der Waals surface area contributed by atoms with E-state index in [2.05, 4.69) is 31.3 Å². The zero-order chi connectivity index (χ0) is 13.7. The van der Waals surface area contributed by atoms with Gasteiger partial charge in [0.15, 0.2) is 0 Å². The van der Waals surface area contributed by atoms with Gasteiger partial charge in [0, 0.05) is 11.5 Å². The normalized spacial score (nSPS) is 21.1. The van der Waals surface area contributed by atoms with Crippen LogP contribution in [0.3, 0.4) is 0 Å². The Morgan fingerprint density at radius 2 is 2.37 bits per heavy atom. The Balaban J connectivity index is 2.22. The maximum Gasteiger partial charge on any atom is 0.119 e. The van der Waals surface area contributed by atoms with E-state index in [1.54, 1.807) is 7.11 Å². The van der Waals surface area contributed by atoms with Crippen LogP contribution >= 0.6 is 11.8 Å². The average Bonchev–Trinajstić information content (AvgIpc) is 2.46. The smallest absolute Gasteiger partial charge is 0.119 e. The number of likely N-dealkylation sites (N-methyl/N-ethyl adjacent to an activating group) is 1. The second kappa shape index (κ2) is 7.17. The van der Waals surface area contributed by atoms with E-state index in [1.165, 1.54) is 11.1 Å². The summed E-state index contributed by atoms with van der Waals surface area (Å²) < 4.78 is 11.2. The van der Waals surface area contributed by atoms with Gasteiger partial charge in [0.25, 0.3) is 0 Å². The van der Waals surface area contributed by atoms with E-state index in [-0.39, 0.29) is 12.1 Å². The predicted molar refractivity (Wildman–Crippen MR) is 81.2 cm³/mol. The summed E-state index contributed by atoms with van der Waals surface area (Å²) >= 11 is 1.98. The Morgan fingerprint density at radius 3 is 2.95 bits per heavy atom. The Labute approximate surface area is 120 Å². The molecular weight excluding hydrogens is 258 g/mol. The molecule has 0 spiro atoms. The van der Waals surface area contributed by atoms with Gasteiger partial charge in [0.05, 0.1) is 25.9 Å². The van der Waals surface area contributed by atoms with Gasteiger partial charge in [-0.2, -0.15) is 11.8 Å². The Hall–Kier alpha value is -0.710. The van der Waals surface area contributed by atoms with Crippen LogP contribution in [0, 0.1) is 6.92 Å². The molecule has 2 atom stereocenters. The lowest BCUT2D eigenvalue weighted by Crippen LogP contribution is -2.38. The number of aryl methyl sites for hydroxylation is 1. The fourth-order valence-corrected chi connectivity index (χ4v) is 3.39. The van der Waals surface area contributed by atoms with E-state index in [4.69, 9.17) is 9.47 Å². The van der Waals surface area contributed by atoms with E-state index in [0.717, 1.165) is 30.4 Å². The quantitative estimate of drug-likeness (QED) is 0.899. The minimum Gasteiger partial charge on any atom is -0.497 e. The summed E-state index contributed by atoms with van der Waals surface area (Å²) in [7, 11) is 1.71. The summed E-state index contributed by atoms with van der Waals surface area (Å²) in [6.45, 7) is 6.08. The van der Waals surface area contributed by atoms with Crippen molar-refractivity contribution in [3.8, 4) is 5.75 Å². The van der Waals surface area contributed by atoms with Crippen LogP contribution in [0.1, 0.15) is 24.1 Å². The highest BCUT2D eigenvalue weighted by Crippen LogP contribution is 2.29. The number of benzene rings is 1. The topological polar surface area (TPSA) is 30.5 Å². The van der Waals surface area contributed by atoms with Crippen LogP contribution in [-0.2, 0) is 4.74 Å². The molecule has 2 rings (SSSR count). The van der Waals surface area contributed by atoms with E-state index < -0.39 is 0 Å². The molecule has 1 saturated heterocycles. The Kier molecular flexibility index (Phi) is 5.55. The van der Waals surface area contributed by atoms with Crippen molar-refractivity contribution in [1.82, 2.24) is 5.32 Å². The highest BCUT2D eigenvalue weighted by atomic mass is 32.2. The first-order chi connectivity index (χ1) is 9.26. The molecule has 106 valence electrons. The predicted octanol–water partition coefficient (Wildman–Crippen LogP) is 2.79. The maximum atomic E-state index is 5.94. The van der Waals surface area contributed by atoms with Crippen molar-refractivity contribution in [2.75, 3.05) is 31.8 Å². The molecule has 0 saturated carbocycles. The molecule has 2 unspecified atom stereocenters. The third kappa shape index (κ3) is 3.65. The van der Waals surface area contributed by atoms with Crippen molar-refractivity contribution in [2.24, 2.45) is 0 Å². The number of hydrogen-bond acceptors (Lipinski definition) is 4. The first kappa shape index (κ1) is 14.7. The van der Waals surface area contributed by atoms with Crippen molar-refractivity contribution in [3.05, 3.63) is 29.3 Å². The minimum absolute atomic E-state index is 0.255. The summed E-state index contributed by atoms with van der Waals surface area (Å²) in [4.78, 5) is 0. The second-order valence-electron chi connectivity index (χ2n) is 4.74. The first-order valence-electron chi connectivity index (χ1n) is 6.83.